The van der Waals surface area contributed by atoms with E-state index in [-0.39, 0.29) is 0 Å². The molecule has 0 aromatic carbocycles. The third-order valence-electron chi connectivity index (χ3n) is 4.14. The van der Waals surface area contributed by atoms with E-state index in [2.05, 4.69) is 24.8 Å². The molecule has 0 radical (unpaired) electrons. The van der Waals surface area contributed by atoms with Crippen molar-refractivity contribution in [1.82, 2.24) is 4.90 Å². The number of nitrogens with two attached hydrogens (primary N) is 1. The number of furan rings is 1. The van der Waals surface area contributed by atoms with Crippen LogP contribution in [-0.4, -0.2) is 23.5 Å². The van der Waals surface area contributed by atoms with E-state index in [9.17, 15) is 0 Å². The van der Waals surface area contributed by atoms with Gasteiger partial charge in [0.25, 0.3) is 0 Å². The third-order valence-corrected chi connectivity index (χ3v) is 4.14. The molecule has 18 heavy (non-hydrogen) atoms. The smallest absolute Gasteiger partial charge is 0.120 e. The van der Waals surface area contributed by atoms with Gasteiger partial charge in [-0.1, -0.05) is 6.92 Å². The summed E-state index contributed by atoms with van der Waals surface area (Å²) in [6.45, 7) is 5.64. The molecule has 1 aromatic rings. The van der Waals surface area contributed by atoms with Gasteiger partial charge in [0.15, 0.2) is 0 Å². The molecule has 0 aliphatic heterocycles. The molecule has 3 heteroatoms. The Kier molecular flexibility index (Phi) is 4.84. The predicted octanol–water partition coefficient (Wildman–Crippen LogP) is 3.32. The van der Waals surface area contributed by atoms with Crippen molar-refractivity contribution in [3.05, 3.63) is 24.2 Å². The lowest BCUT2D eigenvalue weighted by atomic mass is 9.89. The molecule has 1 fully saturated rings. The van der Waals surface area contributed by atoms with Crippen molar-refractivity contribution in [2.45, 2.75) is 64.1 Å². The first kappa shape index (κ1) is 13.6. The van der Waals surface area contributed by atoms with Crippen LogP contribution in [0.2, 0.25) is 0 Å². The van der Waals surface area contributed by atoms with E-state index >= 15 is 0 Å². The maximum atomic E-state index is 6.00. The number of rotatable bonds is 5. The summed E-state index contributed by atoms with van der Waals surface area (Å²) in [5, 5.41) is 0. The summed E-state index contributed by atoms with van der Waals surface area (Å²) in [4.78, 5) is 2.60. The Balaban J connectivity index is 2.03. The second kappa shape index (κ2) is 6.39. The molecular formula is C15H26N2O. The van der Waals surface area contributed by atoms with Crippen molar-refractivity contribution in [2.75, 3.05) is 6.54 Å². The minimum Gasteiger partial charge on any atom is -0.468 e. The van der Waals surface area contributed by atoms with E-state index in [1.807, 2.05) is 6.07 Å². The lowest BCUT2D eigenvalue weighted by molar-refractivity contribution is 0.0960. The molecule has 0 saturated heterocycles. The quantitative estimate of drug-likeness (QED) is 0.871. The molecule has 1 unspecified atom stereocenters. The van der Waals surface area contributed by atoms with E-state index in [1.165, 1.54) is 19.3 Å². The molecule has 3 nitrogen and oxygen atoms in total. The molecule has 1 aliphatic rings. The summed E-state index contributed by atoms with van der Waals surface area (Å²) in [6, 6.07) is 5.53. The van der Waals surface area contributed by atoms with Crippen LogP contribution in [0.25, 0.3) is 0 Å². The van der Waals surface area contributed by atoms with Gasteiger partial charge in [-0.15, -0.1) is 0 Å². The second-order valence-electron chi connectivity index (χ2n) is 5.50. The Morgan fingerprint density at radius 1 is 1.39 bits per heavy atom. The molecule has 1 heterocycles. The van der Waals surface area contributed by atoms with Crippen LogP contribution in [-0.2, 0) is 0 Å². The Morgan fingerprint density at radius 3 is 2.67 bits per heavy atom. The van der Waals surface area contributed by atoms with E-state index < -0.39 is 0 Å². The Morgan fingerprint density at radius 2 is 2.11 bits per heavy atom. The largest absolute Gasteiger partial charge is 0.468 e. The van der Waals surface area contributed by atoms with E-state index in [0.29, 0.717) is 18.1 Å². The number of nitrogens with zero attached hydrogens (tertiary/aromatic N) is 1. The average Bonchev–Trinajstić information content (AvgIpc) is 2.90. The molecule has 1 atom stereocenters. The monoisotopic (exact) mass is 250 g/mol. The topological polar surface area (TPSA) is 42.4 Å². The molecule has 2 rings (SSSR count). The SMILES string of the molecule is CCCN(C1CCC(N)CC1)C(C)c1ccco1. The minimum absolute atomic E-state index is 0.374. The van der Waals surface area contributed by atoms with Crippen LogP contribution in [0, 0.1) is 0 Å². The molecule has 1 aliphatic carbocycles. The van der Waals surface area contributed by atoms with Gasteiger partial charge in [0.2, 0.25) is 0 Å². The van der Waals surface area contributed by atoms with Crippen LogP contribution < -0.4 is 5.73 Å². The maximum Gasteiger partial charge on any atom is 0.120 e. The van der Waals surface area contributed by atoms with Crippen molar-refractivity contribution in [2.24, 2.45) is 5.73 Å². The molecular weight excluding hydrogens is 224 g/mol. The highest BCUT2D eigenvalue weighted by Crippen LogP contribution is 2.30. The summed E-state index contributed by atoms with van der Waals surface area (Å²) in [7, 11) is 0. The van der Waals surface area contributed by atoms with Crippen molar-refractivity contribution in [1.29, 1.82) is 0 Å². The third kappa shape index (κ3) is 3.15. The Labute approximate surface area is 110 Å². The van der Waals surface area contributed by atoms with Gasteiger partial charge in [0.05, 0.1) is 12.3 Å². The Hall–Kier alpha value is -0.800. The highest BCUT2D eigenvalue weighted by molar-refractivity contribution is 5.04. The fraction of sp³-hybridized carbons (Fsp3) is 0.733. The van der Waals surface area contributed by atoms with Crippen molar-refractivity contribution in [3.8, 4) is 0 Å². The first-order chi connectivity index (χ1) is 8.72. The average molecular weight is 250 g/mol. The molecule has 0 bridgehead atoms. The standard InChI is InChI=1S/C15H26N2O/c1-3-10-17(12(2)15-5-4-11-18-15)14-8-6-13(16)7-9-14/h4-5,11-14H,3,6-10,16H2,1-2H3. The van der Waals surface area contributed by atoms with E-state index in [0.717, 1.165) is 25.1 Å². The molecule has 0 spiro atoms. The van der Waals surface area contributed by atoms with Gasteiger partial charge in [-0.05, 0) is 57.7 Å². The molecule has 1 saturated carbocycles. The lowest BCUT2D eigenvalue weighted by Crippen LogP contribution is -2.42. The minimum atomic E-state index is 0.374. The molecule has 2 N–H and O–H groups in total. The van der Waals surface area contributed by atoms with E-state index in [1.54, 1.807) is 6.26 Å². The summed E-state index contributed by atoms with van der Waals surface area (Å²) in [6.07, 6.45) is 7.74. The fourth-order valence-corrected chi connectivity index (χ4v) is 3.08. The van der Waals surface area contributed by atoms with Gasteiger partial charge < -0.3 is 10.2 Å². The van der Waals surface area contributed by atoms with Crippen LogP contribution in [0.1, 0.15) is 57.8 Å². The maximum absolute atomic E-state index is 6.00. The molecule has 102 valence electrons. The van der Waals surface area contributed by atoms with Crippen LogP contribution >= 0.6 is 0 Å². The van der Waals surface area contributed by atoms with Crippen LogP contribution in [0.5, 0.6) is 0 Å². The summed E-state index contributed by atoms with van der Waals surface area (Å²) in [5.41, 5.74) is 6.00. The Bertz CT molecular complexity index is 328. The summed E-state index contributed by atoms with van der Waals surface area (Å²) < 4.78 is 5.57. The van der Waals surface area contributed by atoms with Crippen LogP contribution in [0.3, 0.4) is 0 Å². The zero-order valence-electron chi connectivity index (χ0n) is 11.6. The summed E-state index contributed by atoms with van der Waals surface area (Å²) in [5.74, 6) is 1.08. The highest BCUT2D eigenvalue weighted by Gasteiger charge is 2.28. The van der Waals surface area contributed by atoms with Crippen LogP contribution in [0.4, 0.5) is 0 Å². The highest BCUT2D eigenvalue weighted by atomic mass is 16.3. The van der Waals surface area contributed by atoms with Crippen molar-refractivity contribution < 1.29 is 4.42 Å². The first-order valence-electron chi connectivity index (χ1n) is 7.27. The predicted molar refractivity (Wildman–Crippen MR) is 74.4 cm³/mol. The number of hydrogen-bond donors (Lipinski definition) is 1. The summed E-state index contributed by atoms with van der Waals surface area (Å²) >= 11 is 0. The second-order valence-corrected chi connectivity index (χ2v) is 5.50. The van der Waals surface area contributed by atoms with Gasteiger partial charge in [0, 0.05) is 12.1 Å². The van der Waals surface area contributed by atoms with E-state index in [4.69, 9.17) is 10.2 Å². The lowest BCUT2D eigenvalue weighted by Gasteiger charge is -2.39. The zero-order valence-corrected chi connectivity index (χ0v) is 11.6. The van der Waals surface area contributed by atoms with Gasteiger partial charge in [-0.2, -0.15) is 0 Å². The molecule has 0 amide bonds. The van der Waals surface area contributed by atoms with Gasteiger partial charge >= 0.3 is 0 Å². The van der Waals surface area contributed by atoms with Gasteiger partial charge in [-0.3, -0.25) is 4.90 Å². The first-order valence-corrected chi connectivity index (χ1v) is 7.27. The van der Waals surface area contributed by atoms with Crippen LogP contribution in [0.15, 0.2) is 22.8 Å². The fourth-order valence-electron chi connectivity index (χ4n) is 3.08. The van der Waals surface area contributed by atoms with Gasteiger partial charge in [-0.25, -0.2) is 0 Å². The normalized spacial score (nSPS) is 26.4. The van der Waals surface area contributed by atoms with Crippen molar-refractivity contribution in [3.63, 3.8) is 0 Å². The molecule has 1 aromatic heterocycles. The number of hydrogen-bond acceptors (Lipinski definition) is 3. The zero-order chi connectivity index (χ0) is 13.0. The van der Waals surface area contributed by atoms with Crippen molar-refractivity contribution >= 4 is 0 Å². The van der Waals surface area contributed by atoms with Gasteiger partial charge in [0.1, 0.15) is 5.76 Å².